The van der Waals surface area contributed by atoms with Gasteiger partial charge in [0.05, 0.1) is 12.0 Å². The molecule has 3 heterocycles. The number of carbonyl (C=O) groups is 1. The lowest BCUT2D eigenvalue weighted by molar-refractivity contribution is -0.118. The highest BCUT2D eigenvalue weighted by molar-refractivity contribution is 7.13. The van der Waals surface area contributed by atoms with Crippen LogP contribution in [0, 0.1) is 0 Å². The molecular weight excluding hydrogens is 430 g/mol. The molecule has 0 aliphatic carbocycles. The van der Waals surface area contributed by atoms with Gasteiger partial charge in [0.1, 0.15) is 23.0 Å². The molecule has 3 aromatic heterocycles. The highest BCUT2D eigenvalue weighted by atomic mass is 32.1. The fourth-order valence-electron chi connectivity index (χ4n) is 2.95. The van der Waals surface area contributed by atoms with Gasteiger partial charge in [-0.3, -0.25) is 14.6 Å². The molecule has 4 aromatic rings. The number of thiophene rings is 1. The number of amides is 1. The first-order valence-electron chi connectivity index (χ1n) is 9.87. The number of ether oxygens (including phenoxy) is 2. The molecule has 0 spiro atoms. The number of rotatable bonds is 8. The van der Waals surface area contributed by atoms with Gasteiger partial charge in [0.2, 0.25) is 5.95 Å². The van der Waals surface area contributed by atoms with Crippen molar-refractivity contribution in [3.05, 3.63) is 70.0 Å². The van der Waals surface area contributed by atoms with Crippen LogP contribution in [0.5, 0.6) is 11.5 Å². The molecule has 164 valence electrons. The van der Waals surface area contributed by atoms with E-state index in [9.17, 15) is 9.59 Å². The zero-order chi connectivity index (χ0) is 22.5. The van der Waals surface area contributed by atoms with Gasteiger partial charge in [-0.1, -0.05) is 13.0 Å². The van der Waals surface area contributed by atoms with Crippen LogP contribution < -0.4 is 20.3 Å². The van der Waals surface area contributed by atoms with Gasteiger partial charge in [-0.05, 0) is 42.1 Å². The molecule has 0 atom stereocenters. The standard InChI is InChI=1S/C22H21N5O4S/c1-3-14-11-20(28)25-22(23-14)27-19(12-17(26-27)18-5-4-10-32-18)24-21(29)13-31-16-8-6-15(30-2)7-9-16/h4-12H,3,13H2,1-2H3,(H,24,29)(H,23,25,28). The Morgan fingerprint density at radius 1 is 1.19 bits per heavy atom. The van der Waals surface area contributed by atoms with E-state index in [2.05, 4.69) is 20.4 Å². The van der Waals surface area contributed by atoms with Crippen molar-refractivity contribution >= 4 is 23.1 Å². The molecule has 0 fully saturated rings. The Bertz CT molecular complexity index is 1260. The summed E-state index contributed by atoms with van der Waals surface area (Å²) in [5.74, 6) is 1.45. The van der Waals surface area contributed by atoms with E-state index in [1.165, 1.54) is 22.1 Å². The number of aromatic nitrogens is 4. The van der Waals surface area contributed by atoms with Gasteiger partial charge >= 0.3 is 0 Å². The van der Waals surface area contributed by atoms with Gasteiger partial charge in [-0.15, -0.1) is 11.3 Å². The average Bonchev–Trinajstić information content (AvgIpc) is 3.48. The largest absolute Gasteiger partial charge is 0.497 e. The van der Waals surface area contributed by atoms with E-state index in [-0.39, 0.29) is 24.0 Å². The molecule has 0 bridgehead atoms. The van der Waals surface area contributed by atoms with Crippen molar-refractivity contribution in [3.63, 3.8) is 0 Å². The van der Waals surface area contributed by atoms with Crippen molar-refractivity contribution in [2.45, 2.75) is 13.3 Å². The smallest absolute Gasteiger partial charge is 0.263 e. The van der Waals surface area contributed by atoms with Gasteiger partial charge in [0.25, 0.3) is 11.5 Å². The molecule has 0 saturated heterocycles. The second-order valence-corrected chi connectivity index (χ2v) is 7.68. The first kappa shape index (κ1) is 21.3. The predicted molar refractivity (Wildman–Crippen MR) is 122 cm³/mol. The molecule has 0 radical (unpaired) electrons. The fraction of sp³-hybridized carbons (Fsp3) is 0.182. The van der Waals surface area contributed by atoms with Crippen LogP contribution in [0.4, 0.5) is 5.82 Å². The number of H-pyrrole nitrogens is 1. The zero-order valence-electron chi connectivity index (χ0n) is 17.5. The van der Waals surface area contributed by atoms with Crippen molar-refractivity contribution in [2.75, 3.05) is 19.0 Å². The number of hydrogen-bond donors (Lipinski definition) is 2. The number of aryl methyl sites for hydroxylation is 1. The lowest BCUT2D eigenvalue weighted by Gasteiger charge is -2.10. The summed E-state index contributed by atoms with van der Waals surface area (Å²) in [6.45, 7) is 1.70. The molecule has 2 N–H and O–H groups in total. The summed E-state index contributed by atoms with van der Waals surface area (Å²) >= 11 is 1.52. The number of aromatic amines is 1. The Morgan fingerprint density at radius 3 is 2.66 bits per heavy atom. The predicted octanol–water partition coefficient (Wildman–Crippen LogP) is 3.27. The summed E-state index contributed by atoms with van der Waals surface area (Å²) in [6.07, 6.45) is 0.591. The van der Waals surface area contributed by atoms with Crippen LogP contribution in [0.15, 0.2) is 58.7 Å². The summed E-state index contributed by atoms with van der Waals surface area (Å²) in [7, 11) is 1.58. The van der Waals surface area contributed by atoms with Crippen LogP contribution in [0.1, 0.15) is 12.6 Å². The Hall–Kier alpha value is -3.92. The molecule has 32 heavy (non-hydrogen) atoms. The van der Waals surface area contributed by atoms with Crippen LogP contribution in [-0.4, -0.2) is 39.4 Å². The lowest BCUT2D eigenvalue weighted by atomic mass is 10.3. The highest BCUT2D eigenvalue weighted by Gasteiger charge is 2.17. The van der Waals surface area contributed by atoms with E-state index in [0.29, 0.717) is 35.1 Å². The SMILES string of the molecule is CCc1cc(=O)[nH]c(-n2nc(-c3cccs3)cc2NC(=O)COc2ccc(OC)cc2)n1. The minimum Gasteiger partial charge on any atom is -0.497 e. The van der Waals surface area contributed by atoms with Crippen LogP contribution >= 0.6 is 11.3 Å². The fourth-order valence-corrected chi connectivity index (χ4v) is 3.63. The molecule has 10 heteroatoms. The molecule has 1 aromatic carbocycles. The number of methoxy groups -OCH3 is 1. The lowest BCUT2D eigenvalue weighted by Crippen LogP contribution is -2.23. The second kappa shape index (κ2) is 9.48. The first-order chi connectivity index (χ1) is 15.6. The van der Waals surface area contributed by atoms with Crippen molar-refractivity contribution in [3.8, 4) is 28.0 Å². The van der Waals surface area contributed by atoms with Crippen LogP contribution in [-0.2, 0) is 11.2 Å². The van der Waals surface area contributed by atoms with Crippen molar-refractivity contribution in [1.82, 2.24) is 19.7 Å². The van der Waals surface area contributed by atoms with E-state index in [4.69, 9.17) is 9.47 Å². The third-order valence-electron chi connectivity index (χ3n) is 4.52. The number of carbonyl (C=O) groups excluding carboxylic acids is 1. The molecule has 0 unspecified atom stereocenters. The molecule has 0 saturated carbocycles. The minimum atomic E-state index is -0.381. The number of nitrogens with one attached hydrogen (secondary N) is 2. The summed E-state index contributed by atoms with van der Waals surface area (Å²) < 4.78 is 12.1. The third kappa shape index (κ3) is 4.86. The van der Waals surface area contributed by atoms with Gasteiger partial charge in [-0.25, -0.2) is 4.98 Å². The second-order valence-electron chi connectivity index (χ2n) is 6.73. The normalized spacial score (nSPS) is 10.7. The maximum Gasteiger partial charge on any atom is 0.263 e. The van der Waals surface area contributed by atoms with Crippen molar-refractivity contribution in [2.24, 2.45) is 0 Å². The minimum absolute atomic E-state index is 0.204. The first-order valence-corrected chi connectivity index (χ1v) is 10.7. The van der Waals surface area contributed by atoms with Crippen molar-refractivity contribution < 1.29 is 14.3 Å². The van der Waals surface area contributed by atoms with Gasteiger partial charge < -0.3 is 14.8 Å². The molecule has 4 rings (SSSR count). The topological polar surface area (TPSA) is 111 Å². The Morgan fingerprint density at radius 2 is 1.97 bits per heavy atom. The molecule has 1 amide bonds. The Kier molecular flexibility index (Phi) is 6.31. The highest BCUT2D eigenvalue weighted by Crippen LogP contribution is 2.27. The Balaban J connectivity index is 1.58. The van der Waals surface area contributed by atoms with Crippen LogP contribution in [0.3, 0.4) is 0 Å². The van der Waals surface area contributed by atoms with E-state index in [0.717, 1.165) is 4.88 Å². The summed E-state index contributed by atoms with van der Waals surface area (Å²) in [5, 5.41) is 9.29. The summed E-state index contributed by atoms with van der Waals surface area (Å²) in [4.78, 5) is 32.7. The quantitative estimate of drug-likeness (QED) is 0.425. The summed E-state index contributed by atoms with van der Waals surface area (Å²) in [5.41, 5.74) is 0.980. The number of anilines is 1. The van der Waals surface area contributed by atoms with Crippen LogP contribution in [0.2, 0.25) is 0 Å². The van der Waals surface area contributed by atoms with Crippen molar-refractivity contribution in [1.29, 1.82) is 0 Å². The summed E-state index contributed by atoms with van der Waals surface area (Å²) in [6, 6.07) is 13.9. The molecule has 0 aliphatic rings. The Labute approximate surface area is 187 Å². The molecule has 0 aliphatic heterocycles. The van der Waals surface area contributed by atoms with E-state index < -0.39 is 0 Å². The number of hydrogen-bond acceptors (Lipinski definition) is 7. The van der Waals surface area contributed by atoms with Gasteiger partial charge in [0, 0.05) is 17.8 Å². The van der Waals surface area contributed by atoms with Crippen LogP contribution in [0.25, 0.3) is 16.5 Å². The van der Waals surface area contributed by atoms with E-state index >= 15 is 0 Å². The third-order valence-corrected chi connectivity index (χ3v) is 5.42. The maximum absolute atomic E-state index is 12.6. The molecular formula is C22H21N5O4S. The molecule has 9 nitrogen and oxygen atoms in total. The average molecular weight is 452 g/mol. The van der Waals surface area contributed by atoms with Gasteiger partial charge in [-0.2, -0.15) is 9.78 Å². The van der Waals surface area contributed by atoms with E-state index in [1.54, 1.807) is 37.4 Å². The van der Waals surface area contributed by atoms with Gasteiger partial charge in [0.15, 0.2) is 6.61 Å². The monoisotopic (exact) mass is 451 g/mol. The number of nitrogens with zero attached hydrogens (tertiary/aromatic N) is 3. The zero-order valence-corrected chi connectivity index (χ0v) is 18.3. The van der Waals surface area contributed by atoms with E-state index in [1.807, 2.05) is 24.4 Å². The number of benzene rings is 1. The maximum atomic E-state index is 12.6.